The number of nitrogens with two attached hydrogens (primary N) is 1. The van der Waals surface area contributed by atoms with E-state index < -0.39 is 0 Å². The predicted molar refractivity (Wildman–Crippen MR) is 84.8 cm³/mol. The molecule has 3 N–H and O–H groups in total. The van der Waals surface area contributed by atoms with Crippen molar-refractivity contribution in [1.29, 1.82) is 0 Å². The Hall–Kier alpha value is -0.860. The number of hydrogen-bond donors (Lipinski definition) is 2. The molecule has 2 heteroatoms. The molecular weight excluding hydrogens is 258 g/mol. The van der Waals surface area contributed by atoms with Gasteiger partial charge in [-0.2, -0.15) is 0 Å². The SMILES string of the molecule is NCC(c1ccccc1)C(O)C1C2CC3CC(C2)CC1C3. The van der Waals surface area contributed by atoms with E-state index in [2.05, 4.69) is 24.3 Å². The Labute approximate surface area is 127 Å². The van der Waals surface area contributed by atoms with Crippen LogP contribution in [0.1, 0.15) is 43.6 Å². The Morgan fingerprint density at radius 2 is 1.52 bits per heavy atom. The van der Waals surface area contributed by atoms with Crippen molar-refractivity contribution in [2.45, 2.75) is 44.1 Å². The fourth-order valence-electron chi connectivity index (χ4n) is 5.97. The van der Waals surface area contributed by atoms with E-state index in [1.54, 1.807) is 0 Å². The molecule has 0 aliphatic heterocycles. The zero-order chi connectivity index (χ0) is 14.4. The van der Waals surface area contributed by atoms with Crippen LogP contribution in [0.2, 0.25) is 0 Å². The number of rotatable bonds is 4. The summed E-state index contributed by atoms with van der Waals surface area (Å²) in [6.45, 7) is 0.550. The molecule has 0 saturated heterocycles. The van der Waals surface area contributed by atoms with Gasteiger partial charge in [-0.3, -0.25) is 0 Å². The van der Waals surface area contributed by atoms with Crippen molar-refractivity contribution in [2.75, 3.05) is 6.54 Å². The molecule has 21 heavy (non-hydrogen) atoms. The molecular formula is C19H27NO. The van der Waals surface area contributed by atoms with Gasteiger partial charge in [0, 0.05) is 12.5 Å². The van der Waals surface area contributed by atoms with E-state index in [0.717, 1.165) is 23.7 Å². The van der Waals surface area contributed by atoms with Crippen molar-refractivity contribution >= 4 is 0 Å². The molecule has 0 amide bonds. The van der Waals surface area contributed by atoms with Crippen LogP contribution in [0.25, 0.3) is 0 Å². The summed E-state index contributed by atoms with van der Waals surface area (Å²) in [5, 5.41) is 11.1. The molecule has 1 aromatic carbocycles. The lowest BCUT2D eigenvalue weighted by Crippen LogP contribution is -2.51. The molecule has 114 valence electrons. The molecule has 5 rings (SSSR count). The minimum absolute atomic E-state index is 0.105. The minimum atomic E-state index is -0.257. The van der Waals surface area contributed by atoms with Crippen LogP contribution in [-0.4, -0.2) is 17.8 Å². The Morgan fingerprint density at radius 3 is 2.05 bits per heavy atom. The second-order valence-electron chi connectivity index (χ2n) is 7.75. The lowest BCUT2D eigenvalue weighted by atomic mass is 9.50. The fourth-order valence-corrected chi connectivity index (χ4v) is 5.97. The maximum atomic E-state index is 11.1. The van der Waals surface area contributed by atoms with Crippen LogP contribution in [0.15, 0.2) is 30.3 Å². The third kappa shape index (κ3) is 2.33. The fraction of sp³-hybridized carbons (Fsp3) is 0.684. The molecule has 4 aliphatic rings. The van der Waals surface area contributed by atoms with Crippen molar-refractivity contribution in [3.05, 3.63) is 35.9 Å². The van der Waals surface area contributed by atoms with Crippen LogP contribution in [0, 0.1) is 29.6 Å². The van der Waals surface area contributed by atoms with E-state index in [4.69, 9.17) is 5.73 Å². The highest BCUT2D eigenvalue weighted by atomic mass is 16.3. The average Bonchev–Trinajstić information content (AvgIpc) is 2.48. The van der Waals surface area contributed by atoms with E-state index in [1.807, 2.05) is 6.07 Å². The molecule has 0 aromatic heterocycles. The molecule has 4 aliphatic carbocycles. The maximum Gasteiger partial charge on any atom is 0.0654 e. The smallest absolute Gasteiger partial charge is 0.0654 e. The first-order valence-corrected chi connectivity index (χ1v) is 8.69. The van der Waals surface area contributed by atoms with Crippen molar-refractivity contribution in [2.24, 2.45) is 35.3 Å². The van der Waals surface area contributed by atoms with Gasteiger partial charge in [0.1, 0.15) is 0 Å². The van der Waals surface area contributed by atoms with Gasteiger partial charge >= 0.3 is 0 Å². The third-order valence-electron chi connectivity index (χ3n) is 6.59. The van der Waals surface area contributed by atoms with Crippen LogP contribution >= 0.6 is 0 Å². The summed E-state index contributed by atoms with van der Waals surface area (Å²) >= 11 is 0. The molecule has 2 unspecified atom stereocenters. The van der Waals surface area contributed by atoms with E-state index in [9.17, 15) is 5.11 Å². The van der Waals surface area contributed by atoms with Gasteiger partial charge in [-0.25, -0.2) is 0 Å². The second-order valence-corrected chi connectivity index (χ2v) is 7.75. The maximum absolute atomic E-state index is 11.1. The van der Waals surface area contributed by atoms with Gasteiger partial charge in [0.2, 0.25) is 0 Å². The first kappa shape index (κ1) is 13.8. The van der Waals surface area contributed by atoms with Gasteiger partial charge in [0.25, 0.3) is 0 Å². The van der Waals surface area contributed by atoms with Gasteiger partial charge in [-0.05, 0) is 67.3 Å². The topological polar surface area (TPSA) is 46.2 Å². The summed E-state index contributed by atoms with van der Waals surface area (Å²) < 4.78 is 0. The number of aliphatic hydroxyl groups is 1. The molecule has 0 heterocycles. The molecule has 2 atom stereocenters. The van der Waals surface area contributed by atoms with E-state index in [0.29, 0.717) is 12.5 Å². The van der Waals surface area contributed by atoms with Gasteiger partial charge < -0.3 is 10.8 Å². The highest BCUT2D eigenvalue weighted by Gasteiger charge is 2.51. The summed E-state index contributed by atoms with van der Waals surface area (Å²) in [4.78, 5) is 0. The standard InChI is InChI=1S/C19H27NO/c20-11-17(14-4-2-1-3-5-14)19(21)18-15-7-12-6-13(9-15)10-16(18)8-12/h1-5,12-13,15-19,21H,6-11,20H2. The van der Waals surface area contributed by atoms with E-state index in [-0.39, 0.29) is 12.0 Å². The van der Waals surface area contributed by atoms with Gasteiger partial charge in [0.05, 0.1) is 6.10 Å². The van der Waals surface area contributed by atoms with Crippen LogP contribution in [-0.2, 0) is 0 Å². The summed E-state index contributed by atoms with van der Waals surface area (Å²) in [7, 11) is 0. The molecule has 4 bridgehead atoms. The third-order valence-corrected chi connectivity index (χ3v) is 6.59. The number of benzene rings is 1. The Bertz CT molecular complexity index is 458. The Morgan fingerprint density at radius 1 is 0.952 bits per heavy atom. The molecule has 0 radical (unpaired) electrons. The predicted octanol–water partition coefficient (Wildman–Crippen LogP) is 3.16. The Kier molecular flexibility index (Phi) is 3.55. The largest absolute Gasteiger partial charge is 0.392 e. The average molecular weight is 285 g/mol. The highest BCUT2D eigenvalue weighted by molar-refractivity contribution is 5.22. The second kappa shape index (κ2) is 5.40. The van der Waals surface area contributed by atoms with Gasteiger partial charge in [-0.1, -0.05) is 30.3 Å². The molecule has 2 nitrogen and oxygen atoms in total. The van der Waals surface area contributed by atoms with Crippen LogP contribution in [0.3, 0.4) is 0 Å². The number of hydrogen-bond acceptors (Lipinski definition) is 2. The van der Waals surface area contributed by atoms with Crippen molar-refractivity contribution < 1.29 is 5.11 Å². The van der Waals surface area contributed by atoms with Gasteiger partial charge in [0.15, 0.2) is 0 Å². The van der Waals surface area contributed by atoms with Crippen molar-refractivity contribution in [3.8, 4) is 0 Å². The first-order chi connectivity index (χ1) is 10.3. The summed E-state index contributed by atoms with van der Waals surface area (Å²) in [6, 6.07) is 10.4. The monoisotopic (exact) mass is 285 g/mol. The molecule has 4 saturated carbocycles. The molecule has 0 spiro atoms. The van der Waals surface area contributed by atoms with Crippen molar-refractivity contribution in [3.63, 3.8) is 0 Å². The molecule has 4 fully saturated rings. The van der Waals surface area contributed by atoms with E-state index >= 15 is 0 Å². The van der Waals surface area contributed by atoms with Crippen LogP contribution in [0.5, 0.6) is 0 Å². The number of aliphatic hydroxyl groups excluding tert-OH is 1. The first-order valence-electron chi connectivity index (χ1n) is 8.69. The van der Waals surface area contributed by atoms with Crippen LogP contribution in [0.4, 0.5) is 0 Å². The zero-order valence-corrected chi connectivity index (χ0v) is 12.7. The van der Waals surface area contributed by atoms with E-state index in [1.165, 1.54) is 37.7 Å². The normalized spacial score (nSPS) is 40.2. The lowest BCUT2D eigenvalue weighted by Gasteiger charge is -2.56. The van der Waals surface area contributed by atoms with Gasteiger partial charge in [-0.15, -0.1) is 0 Å². The highest BCUT2D eigenvalue weighted by Crippen LogP contribution is 2.58. The zero-order valence-electron chi connectivity index (χ0n) is 12.7. The quantitative estimate of drug-likeness (QED) is 0.892. The lowest BCUT2D eigenvalue weighted by molar-refractivity contribution is -0.0956. The summed E-state index contributed by atoms with van der Waals surface area (Å²) in [5.74, 6) is 4.04. The summed E-state index contributed by atoms with van der Waals surface area (Å²) in [5.41, 5.74) is 7.25. The van der Waals surface area contributed by atoms with Crippen molar-refractivity contribution in [1.82, 2.24) is 0 Å². The van der Waals surface area contributed by atoms with Crippen LogP contribution < -0.4 is 5.73 Å². The Balaban J connectivity index is 1.57. The molecule has 1 aromatic rings. The minimum Gasteiger partial charge on any atom is -0.392 e. The summed E-state index contributed by atoms with van der Waals surface area (Å²) in [6.07, 6.45) is 6.66.